The molecule has 0 saturated carbocycles. The van der Waals surface area contributed by atoms with Crippen LogP contribution in [0.4, 0.5) is 8.78 Å². The molecule has 0 unspecified atom stereocenters. The summed E-state index contributed by atoms with van der Waals surface area (Å²) < 4.78 is 31.6. The molecule has 1 rings (SSSR count). The summed E-state index contributed by atoms with van der Waals surface area (Å²) in [6, 6.07) is 5.83. The third-order valence-corrected chi connectivity index (χ3v) is 3.17. The van der Waals surface area contributed by atoms with Gasteiger partial charge in [-0.3, -0.25) is 4.79 Å². The molecule has 18 heavy (non-hydrogen) atoms. The van der Waals surface area contributed by atoms with Gasteiger partial charge in [0.25, 0.3) is 5.92 Å². The van der Waals surface area contributed by atoms with Gasteiger partial charge in [0.2, 0.25) is 0 Å². The molecule has 0 amide bonds. The molecule has 0 heterocycles. The lowest BCUT2D eigenvalue weighted by molar-refractivity contribution is -0.146. The van der Waals surface area contributed by atoms with Crippen LogP contribution in [-0.4, -0.2) is 13.1 Å². The molecule has 1 aromatic carbocycles. The average Bonchev–Trinajstić information content (AvgIpc) is 2.37. The van der Waals surface area contributed by atoms with E-state index in [0.717, 1.165) is 0 Å². The first-order chi connectivity index (χ1) is 8.25. The zero-order chi connectivity index (χ0) is 14.0. The number of hydrogen-bond donors (Lipinski definition) is 0. The van der Waals surface area contributed by atoms with Gasteiger partial charge in [-0.2, -0.15) is 0 Å². The largest absolute Gasteiger partial charge is 0.468 e. The van der Waals surface area contributed by atoms with Gasteiger partial charge in [0.05, 0.1) is 12.5 Å². The molecule has 4 heteroatoms. The van der Waals surface area contributed by atoms with Crippen molar-refractivity contribution in [2.24, 2.45) is 0 Å². The third kappa shape index (κ3) is 2.68. The van der Waals surface area contributed by atoms with E-state index in [0.29, 0.717) is 5.56 Å². The number of methoxy groups -OCH3 is 1. The minimum absolute atomic E-state index is 0.0329. The summed E-state index contributed by atoms with van der Waals surface area (Å²) in [5.74, 6) is -3.22. The first kappa shape index (κ1) is 14.6. The van der Waals surface area contributed by atoms with Gasteiger partial charge in [-0.15, -0.1) is 0 Å². The van der Waals surface area contributed by atoms with Crippen molar-refractivity contribution >= 4 is 5.97 Å². The SMILES string of the molecule is CCC(F)(F)c1ccc(C(C)(C)C(=O)OC)cc1. The van der Waals surface area contributed by atoms with E-state index in [1.165, 1.54) is 26.2 Å². The Labute approximate surface area is 106 Å². The molecule has 0 atom stereocenters. The number of rotatable bonds is 4. The number of esters is 1. The molecule has 0 aromatic heterocycles. The molecule has 0 spiro atoms. The Bertz CT molecular complexity index is 422. The minimum Gasteiger partial charge on any atom is -0.468 e. The van der Waals surface area contributed by atoms with Gasteiger partial charge in [-0.05, 0) is 19.4 Å². The Hall–Kier alpha value is -1.45. The molecule has 0 N–H and O–H groups in total. The lowest BCUT2D eigenvalue weighted by atomic mass is 9.84. The van der Waals surface area contributed by atoms with Gasteiger partial charge < -0.3 is 4.74 Å². The van der Waals surface area contributed by atoms with Crippen molar-refractivity contribution in [3.05, 3.63) is 35.4 Å². The highest BCUT2D eigenvalue weighted by Crippen LogP contribution is 2.33. The number of halogens is 2. The summed E-state index contributed by atoms with van der Waals surface area (Å²) in [6.45, 7) is 4.84. The molecule has 0 aliphatic heterocycles. The summed E-state index contributed by atoms with van der Waals surface area (Å²) >= 11 is 0. The van der Waals surface area contributed by atoms with E-state index in [4.69, 9.17) is 4.74 Å². The Balaban J connectivity index is 3.07. The fraction of sp³-hybridized carbons (Fsp3) is 0.500. The van der Waals surface area contributed by atoms with Crippen molar-refractivity contribution in [2.75, 3.05) is 7.11 Å². The van der Waals surface area contributed by atoms with Crippen LogP contribution in [0.25, 0.3) is 0 Å². The molecule has 0 aliphatic rings. The maximum atomic E-state index is 13.4. The standard InChI is InChI=1S/C14H18F2O2/c1-5-14(15,16)11-8-6-10(7-9-11)13(2,3)12(17)18-4/h6-9H,5H2,1-4H3. The number of carbonyl (C=O) groups is 1. The highest BCUT2D eigenvalue weighted by Gasteiger charge is 2.33. The number of benzene rings is 1. The van der Waals surface area contributed by atoms with E-state index in [-0.39, 0.29) is 12.0 Å². The number of alkyl halides is 2. The number of hydrogen-bond acceptors (Lipinski definition) is 2. The number of ether oxygens (including phenoxy) is 1. The van der Waals surface area contributed by atoms with Crippen molar-refractivity contribution in [3.63, 3.8) is 0 Å². The quantitative estimate of drug-likeness (QED) is 0.769. The normalized spacial score (nSPS) is 12.3. The molecular formula is C14H18F2O2. The molecule has 2 nitrogen and oxygen atoms in total. The van der Waals surface area contributed by atoms with E-state index >= 15 is 0 Å². The van der Waals surface area contributed by atoms with Crippen molar-refractivity contribution < 1.29 is 18.3 Å². The lowest BCUT2D eigenvalue weighted by Crippen LogP contribution is -2.30. The van der Waals surface area contributed by atoms with Crippen molar-refractivity contribution in [1.29, 1.82) is 0 Å². The molecule has 0 aliphatic carbocycles. The van der Waals surface area contributed by atoms with Crippen LogP contribution in [0.5, 0.6) is 0 Å². The summed E-state index contributed by atoms with van der Waals surface area (Å²) in [4.78, 5) is 11.6. The predicted octanol–water partition coefficient (Wildman–Crippen LogP) is 3.64. The summed E-state index contributed by atoms with van der Waals surface area (Å²) in [5, 5.41) is 0. The Kier molecular flexibility index (Phi) is 4.09. The van der Waals surface area contributed by atoms with E-state index < -0.39 is 17.3 Å². The Morgan fingerprint density at radius 3 is 2.00 bits per heavy atom. The smallest absolute Gasteiger partial charge is 0.315 e. The third-order valence-electron chi connectivity index (χ3n) is 3.17. The van der Waals surface area contributed by atoms with Crippen molar-refractivity contribution in [3.8, 4) is 0 Å². The summed E-state index contributed by atoms with van der Waals surface area (Å²) in [7, 11) is 1.31. The number of carbonyl (C=O) groups excluding carboxylic acids is 1. The summed E-state index contributed by atoms with van der Waals surface area (Å²) in [6.07, 6.45) is -0.243. The molecular weight excluding hydrogens is 238 g/mol. The van der Waals surface area contributed by atoms with Gasteiger partial charge >= 0.3 is 5.97 Å². The molecule has 0 saturated heterocycles. The van der Waals surface area contributed by atoms with E-state index in [1.807, 2.05) is 0 Å². The van der Waals surface area contributed by atoms with Gasteiger partial charge in [0, 0.05) is 12.0 Å². The second-order valence-corrected chi connectivity index (χ2v) is 4.75. The lowest BCUT2D eigenvalue weighted by Gasteiger charge is -2.23. The minimum atomic E-state index is -2.83. The first-order valence-corrected chi connectivity index (χ1v) is 5.83. The molecule has 100 valence electrons. The van der Waals surface area contributed by atoms with E-state index in [1.54, 1.807) is 26.0 Å². The Morgan fingerprint density at radius 2 is 1.61 bits per heavy atom. The van der Waals surface area contributed by atoms with Crippen LogP contribution in [0.3, 0.4) is 0 Å². The second-order valence-electron chi connectivity index (χ2n) is 4.75. The van der Waals surface area contributed by atoms with Gasteiger partial charge in [-0.1, -0.05) is 31.2 Å². The zero-order valence-electron chi connectivity index (χ0n) is 11.1. The average molecular weight is 256 g/mol. The maximum absolute atomic E-state index is 13.4. The highest BCUT2D eigenvalue weighted by molar-refractivity contribution is 5.82. The second kappa shape index (κ2) is 5.04. The zero-order valence-corrected chi connectivity index (χ0v) is 11.1. The molecule has 1 aromatic rings. The monoisotopic (exact) mass is 256 g/mol. The van der Waals surface area contributed by atoms with Crippen molar-refractivity contribution in [2.45, 2.75) is 38.5 Å². The molecule has 0 bridgehead atoms. The molecule has 0 fully saturated rings. The highest BCUT2D eigenvalue weighted by atomic mass is 19.3. The predicted molar refractivity (Wildman–Crippen MR) is 65.7 cm³/mol. The summed E-state index contributed by atoms with van der Waals surface area (Å²) in [5.41, 5.74) is -0.214. The van der Waals surface area contributed by atoms with Gasteiger partial charge in [-0.25, -0.2) is 8.78 Å². The molecule has 0 radical (unpaired) electrons. The van der Waals surface area contributed by atoms with Crippen LogP contribution >= 0.6 is 0 Å². The van der Waals surface area contributed by atoms with Crippen molar-refractivity contribution in [1.82, 2.24) is 0 Å². The van der Waals surface area contributed by atoms with E-state index in [2.05, 4.69) is 0 Å². The van der Waals surface area contributed by atoms with Gasteiger partial charge in [0.1, 0.15) is 0 Å². The maximum Gasteiger partial charge on any atom is 0.315 e. The van der Waals surface area contributed by atoms with Gasteiger partial charge in [0.15, 0.2) is 0 Å². The van der Waals surface area contributed by atoms with E-state index in [9.17, 15) is 13.6 Å². The van der Waals surface area contributed by atoms with Crippen LogP contribution in [-0.2, 0) is 20.9 Å². The van der Waals surface area contributed by atoms with Crippen LogP contribution < -0.4 is 0 Å². The van der Waals surface area contributed by atoms with Crippen LogP contribution in [0, 0.1) is 0 Å². The fourth-order valence-electron chi connectivity index (χ4n) is 1.71. The topological polar surface area (TPSA) is 26.3 Å². The van der Waals surface area contributed by atoms with Crippen LogP contribution in [0.15, 0.2) is 24.3 Å². The fourth-order valence-corrected chi connectivity index (χ4v) is 1.71. The van der Waals surface area contributed by atoms with Crippen LogP contribution in [0.2, 0.25) is 0 Å². The first-order valence-electron chi connectivity index (χ1n) is 5.83. The van der Waals surface area contributed by atoms with Crippen LogP contribution in [0.1, 0.15) is 38.3 Å². The Morgan fingerprint density at radius 1 is 1.17 bits per heavy atom.